The maximum Gasteiger partial charge on any atom is 0.401 e. The third-order valence-corrected chi connectivity index (χ3v) is 1.42. The molecule has 0 aliphatic carbocycles. The number of amides is 1. The Kier molecular flexibility index (Phi) is 7.86. The Bertz CT molecular complexity index is 199. The topological polar surface area (TPSA) is 70.6 Å². The van der Waals surface area contributed by atoms with Crippen LogP contribution >= 0.6 is 0 Å². The lowest BCUT2D eigenvalue weighted by Gasteiger charge is -2.08. The number of ether oxygens (including phenoxy) is 1. The van der Waals surface area contributed by atoms with Crippen molar-refractivity contribution in [1.29, 1.82) is 0 Å². The number of rotatable bonds is 8. The standard InChI is InChI=1S/C8H15F3N2O3/c9-8(10,11)6-12-5-7(15)13-1-3-16-4-2-14/h12,14H,1-6H2,(H,13,15). The van der Waals surface area contributed by atoms with Gasteiger partial charge in [0.05, 0.1) is 32.9 Å². The van der Waals surface area contributed by atoms with Crippen molar-refractivity contribution in [3.8, 4) is 0 Å². The van der Waals surface area contributed by atoms with E-state index in [1.807, 2.05) is 5.32 Å². The van der Waals surface area contributed by atoms with Gasteiger partial charge < -0.3 is 20.5 Å². The smallest absolute Gasteiger partial charge is 0.394 e. The van der Waals surface area contributed by atoms with Crippen LogP contribution in [0, 0.1) is 0 Å². The second-order valence-corrected chi connectivity index (χ2v) is 2.90. The van der Waals surface area contributed by atoms with Gasteiger partial charge in [-0.15, -0.1) is 0 Å². The van der Waals surface area contributed by atoms with Gasteiger partial charge in [-0.05, 0) is 0 Å². The van der Waals surface area contributed by atoms with Crippen molar-refractivity contribution in [2.24, 2.45) is 0 Å². The van der Waals surface area contributed by atoms with Crippen LogP contribution in [0.3, 0.4) is 0 Å². The first-order valence-corrected chi connectivity index (χ1v) is 4.68. The van der Waals surface area contributed by atoms with E-state index in [0.29, 0.717) is 0 Å². The van der Waals surface area contributed by atoms with Crippen LogP contribution in [0.4, 0.5) is 13.2 Å². The number of carbonyl (C=O) groups is 1. The minimum absolute atomic E-state index is 0.110. The van der Waals surface area contributed by atoms with Crippen LogP contribution in [0.15, 0.2) is 0 Å². The highest BCUT2D eigenvalue weighted by Gasteiger charge is 2.26. The van der Waals surface area contributed by atoms with Crippen molar-refractivity contribution >= 4 is 5.91 Å². The molecule has 5 nitrogen and oxygen atoms in total. The molecule has 0 rings (SSSR count). The van der Waals surface area contributed by atoms with E-state index in [2.05, 4.69) is 5.32 Å². The zero-order chi connectivity index (χ0) is 12.4. The van der Waals surface area contributed by atoms with E-state index >= 15 is 0 Å². The summed E-state index contributed by atoms with van der Waals surface area (Å²) < 4.78 is 39.8. The zero-order valence-electron chi connectivity index (χ0n) is 8.64. The molecule has 0 aromatic heterocycles. The minimum atomic E-state index is -4.31. The molecule has 0 saturated carbocycles. The van der Waals surface area contributed by atoms with E-state index in [1.54, 1.807) is 0 Å². The van der Waals surface area contributed by atoms with Gasteiger partial charge in [-0.25, -0.2) is 0 Å². The third-order valence-electron chi connectivity index (χ3n) is 1.42. The lowest BCUT2D eigenvalue weighted by Crippen LogP contribution is -2.39. The Morgan fingerprint density at radius 2 is 2.00 bits per heavy atom. The van der Waals surface area contributed by atoms with E-state index in [4.69, 9.17) is 9.84 Å². The van der Waals surface area contributed by atoms with Crippen molar-refractivity contribution in [2.75, 3.05) is 39.5 Å². The quantitative estimate of drug-likeness (QED) is 0.492. The van der Waals surface area contributed by atoms with Gasteiger partial charge in [0.2, 0.25) is 5.91 Å². The van der Waals surface area contributed by atoms with Gasteiger partial charge in [0.25, 0.3) is 0 Å². The highest BCUT2D eigenvalue weighted by Crippen LogP contribution is 2.11. The van der Waals surface area contributed by atoms with Crippen LogP contribution in [0.25, 0.3) is 0 Å². The second-order valence-electron chi connectivity index (χ2n) is 2.90. The lowest BCUT2D eigenvalue weighted by molar-refractivity contribution is -0.128. The highest BCUT2D eigenvalue weighted by atomic mass is 19.4. The molecule has 0 saturated heterocycles. The fourth-order valence-corrected chi connectivity index (χ4v) is 0.809. The van der Waals surface area contributed by atoms with E-state index in [0.717, 1.165) is 0 Å². The zero-order valence-corrected chi connectivity index (χ0v) is 8.64. The molecule has 0 aliphatic heterocycles. The molecular weight excluding hydrogens is 229 g/mol. The lowest BCUT2D eigenvalue weighted by atomic mass is 10.5. The first kappa shape index (κ1) is 15.1. The summed E-state index contributed by atoms with van der Waals surface area (Å²) in [5, 5.41) is 12.6. The molecule has 0 aromatic rings. The Morgan fingerprint density at radius 3 is 2.56 bits per heavy atom. The van der Waals surface area contributed by atoms with Gasteiger partial charge >= 0.3 is 6.18 Å². The van der Waals surface area contributed by atoms with Crippen molar-refractivity contribution in [3.05, 3.63) is 0 Å². The highest BCUT2D eigenvalue weighted by molar-refractivity contribution is 5.77. The van der Waals surface area contributed by atoms with Gasteiger partial charge in [0.15, 0.2) is 0 Å². The molecule has 0 bridgehead atoms. The molecule has 0 spiro atoms. The van der Waals surface area contributed by atoms with Crippen LogP contribution in [0.5, 0.6) is 0 Å². The van der Waals surface area contributed by atoms with E-state index in [9.17, 15) is 18.0 Å². The number of hydrogen-bond acceptors (Lipinski definition) is 4. The number of aliphatic hydroxyl groups excluding tert-OH is 1. The molecular formula is C8H15F3N2O3. The van der Waals surface area contributed by atoms with Gasteiger partial charge in [-0.1, -0.05) is 0 Å². The number of halogens is 3. The minimum Gasteiger partial charge on any atom is -0.394 e. The van der Waals surface area contributed by atoms with Crippen molar-refractivity contribution < 1.29 is 27.8 Å². The summed E-state index contributed by atoms with van der Waals surface area (Å²) in [4.78, 5) is 10.9. The summed E-state index contributed by atoms with van der Waals surface area (Å²) in [5.74, 6) is -0.531. The normalized spacial score (nSPS) is 11.5. The van der Waals surface area contributed by atoms with E-state index in [1.165, 1.54) is 0 Å². The molecule has 0 fully saturated rings. The van der Waals surface area contributed by atoms with Gasteiger partial charge in [-0.2, -0.15) is 13.2 Å². The predicted molar refractivity (Wildman–Crippen MR) is 49.8 cm³/mol. The van der Waals surface area contributed by atoms with Crippen LogP contribution in [-0.2, 0) is 9.53 Å². The molecule has 8 heteroatoms. The Labute approximate surface area is 91.0 Å². The molecule has 16 heavy (non-hydrogen) atoms. The van der Waals surface area contributed by atoms with Crippen LogP contribution in [0.2, 0.25) is 0 Å². The predicted octanol–water partition coefficient (Wildman–Crippen LogP) is -0.737. The van der Waals surface area contributed by atoms with Crippen molar-refractivity contribution in [1.82, 2.24) is 10.6 Å². The maximum atomic E-state index is 11.7. The fraction of sp³-hybridized carbons (Fsp3) is 0.875. The number of nitrogens with one attached hydrogen (secondary N) is 2. The molecule has 1 amide bonds. The third kappa shape index (κ3) is 11.2. The largest absolute Gasteiger partial charge is 0.401 e. The molecule has 0 heterocycles. The monoisotopic (exact) mass is 244 g/mol. The summed E-state index contributed by atoms with van der Waals surface area (Å²) in [5.41, 5.74) is 0. The first-order valence-electron chi connectivity index (χ1n) is 4.68. The summed E-state index contributed by atoms with van der Waals surface area (Å²) in [6, 6.07) is 0. The van der Waals surface area contributed by atoms with Crippen LogP contribution in [0.1, 0.15) is 0 Å². The summed E-state index contributed by atoms with van der Waals surface area (Å²) >= 11 is 0. The van der Waals surface area contributed by atoms with Crippen LogP contribution in [-0.4, -0.2) is 56.6 Å². The summed E-state index contributed by atoms with van der Waals surface area (Å²) in [7, 11) is 0. The Balaban J connectivity index is 3.32. The van der Waals surface area contributed by atoms with Crippen molar-refractivity contribution in [2.45, 2.75) is 6.18 Å². The second kappa shape index (κ2) is 8.31. The fourth-order valence-electron chi connectivity index (χ4n) is 0.809. The van der Waals surface area contributed by atoms with E-state index in [-0.39, 0.29) is 32.9 Å². The Hall–Kier alpha value is -0.860. The molecule has 0 radical (unpaired) electrons. The molecule has 0 atom stereocenters. The molecule has 0 unspecified atom stereocenters. The average Bonchev–Trinajstić information content (AvgIpc) is 2.15. The maximum absolute atomic E-state index is 11.7. The molecule has 0 aromatic carbocycles. The molecule has 0 aliphatic rings. The van der Waals surface area contributed by atoms with E-state index < -0.39 is 18.6 Å². The number of hydrogen-bond donors (Lipinski definition) is 3. The summed E-state index contributed by atoms with van der Waals surface area (Å²) in [6.45, 7) is -1.11. The molecule has 3 N–H and O–H groups in total. The Morgan fingerprint density at radius 1 is 1.31 bits per heavy atom. The van der Waals surface area contributed by atoms with Gasteiger partial charge in [-0.3, -0.25) is 4.79 Å². The van der Waals surface area contributed by atoms with Crippen LogP contribution < -0.4 is 10.6 Å². The van der Waals surface area contributed by atoms with Gasteiger partial charge in [0, 0.05) is 6.54 Å². The van der Waals surface area contributed by atoms with Crippen molar-refractivity contribution in [3.63, 3.8) is 0 Å². The number of alkyl halides is 3. The SMILES string of the molecule is O=C(CNCC(F)(F)F)NCCOCCO. The first-order chi connectivity index (χ1) is 7.45. The van der Waals surface area contributed by atoms with Gasteiger partial charge in [0.1, 0.15) is 0 Å². The number of carbonyl (C=O) groups excluding carboxylic acids is 1. The average molecular weight is 244 g/mol. The number of aliphatic hydroxyl groups is 1. The summed E-state index contributed by atoms with van der Waals surface area (Å²) in [6.07, 6.45) is -4.31. The molecule has 96 valence electrons.